The topological polar surface area (TPSA) is 110 Å². The zero-order valence-electron chi connectivity index (χ0n) is 9.67. The van der Waals surface area contributed by atoms with Crippen molar-refractivity contribution in [2.24, 2.45) is 0 Å². The number of carboxylic acids is 1. The molecule has 1 aliphatic rings. The van der Waals surface area contributed by atoms with Gasteiger partial charge >= 0.3 is 12.0 Å². The Kier molecular flexibility index (Phi) is 4.71. The second-order valence-corrected chi connectivity index (χ2v) is 4.15. The molecule has 17 heavy (non-hydrogen) atoms. The molecule has 0 heterocycles. The second-order valence-electron chi connectivity index (χ2n) is 4.15. The molecule has 7 nitrogen and oxygen atoms in total. The molecule has 0 bridgehead atoms. The van der Waals surface area contributed by atoms with Crippen LogP contribution in [0.4, 0.5) is 4.79 Å². The number of hydrogen-bond acceptors (Lipinski definition) is 4. The van der Waals surface area contributed by atoms with Crippen LogP contribution in [0.1, 0.15) is 19.8 Å². The standard InChI is InChI=1S/C10H18N2O5/c1-6(14)8(9(15)16)11-10(17)12(4-5-13)7-2-3-7/h6-8,13-14H,2-5H2,1H3,(H,11,17)(H,15,16). The Labute approximate surface area is 99.0 Å². The molecule has 0 radical (unpaired) electrons. The molecule has 1 fully saturated rings. The van der Waals surface area contributed by atoms with Gasteiger partial charge in [-0.05, 0) is 19.8 Å². The van der Waals surface area contributed by atoms with Gasteiger partial charge in [-0.15, -0.1) is 0 Å². The summed E-state index contributed by atoms with van der Waals surface area (Å²) in [6.45, 7) is 1.30. The summed E-state index contributed by atoms with van der Waals surface area (Å²) in [4.78, 5) is 24.0. The molecule has 4 N–H and O–H groups in total. The van der Waals surface area contributed by atoms with E-state index in [-0.39, 0.29) is 19.2 Å². The van der Waals surface area contributed by atoms with Gasteiger partial charge in [0.25, 0.3) is 0 Å². The first-order valence-corrected chi connectivity index (χ1v) is 5.56. The minimum absolute atomic E-state index is 0.0746. The van der Waals surface area contributed by atoms with Crippen molar-refractivity contribution in [3.63, 3.8) is 0 Å². The van der Waals surface area contributed by atoms with Gasteiger partial charge < -0.3 is 25.5 Å². The number of amides is 2. The zero-order chi connectivity index (χ0) is 13.0. The molecular formula is C10H18N2O5. The maximum absolute atomic E-state index is 11.8. The van der Waals surface area contributed by atoms with E-state index in [1.54, 1.807) is 0 Å². The van der Waals surface area contributed by atoms with Gasteiger partial charge in [0.2, 0.25) is 0 Å². The molecule has 0 saturated heterocycles. The van der Waals surface area contributed by atoms with Crippen LogP contribution in [-0.4, -0.2) is 63.6 Å². The van der Waals surface area contributed by atoms with Crippen LogP contribution in [0.3, 0.4) is 0 Å². The molecule has 2 atom stereocenters. The molecule has 2 amide bonds. The van der Waals surface area contributed by atoms with Gasteiger partial charge in [0.05, 0.1) is 12.7 Å². The van der Waals surface area contributed by atoms with Crippen molar-refractivity contribution in [3.8, 4) is 0 Å². The minimum Gasteiger partial charge on any atom is -0.480 e. The number of aliphatic hydroxyl groups is 2. The lowest BCUT2D eigenvalue weighted by Crippen LogP contribution is -2.53. The van der Waals surface area contributed by atoms with Crippen molar-refractivity contribution < 1.29 is 24.9 Å². The van der Waals surface area contributed by atoms with Crippen molar-refractivity contribution >= 4 is 12.0 Å². The molecule has 1 saturated carbocycles. The number of carboxylic acid groups (broad SMARTS) is 1. The SMILES string of the molecule is CC(O)C(NC(=O)N(CCO)C1CC1)C(=O)O. The third kappa shape index (κ3) is 3.86. The van der Waals surface area contributed by atoms with E-state index in [0.717, 1.165) is 12.8 Å². The molecule has 0 aliphatic heterocycles. The summed E-state index contributed by atoms with van der Waals surface area (Å²) in [5.74, 6) is -1.28. The highest BCUT2D eigenvalue weighted by Gasteiger charge is 2.34. The van der Waals surface area contributed by atoms with Gasteiger partial charge in [-0.1, -0.05) is 0 Å². The summed E-state index contributed by atoms with van der Waals surface area (Å²) in [6.07, 6.45) is 0.547. The van der Waals surface area contributed by atoms with Gasteiger partial charge in [-0.25, -0.2) is 9.59 Å². The molecule has 1 rings (SSSR count). The molecule has 0 aromatic heterocycles. The quantitative estimate of drug-likeness (QED) is 0.480. The largest absolute Gasteiger partial charge is 0.480 e. The highest BCUT2D eigenvalue weighted by atomic mass is 16.4. The number of rotatable bonds is 6. The van der Waals surface area contributed by atoms with Gasteiger partial charge in [-0.2, -0.15) is 0 Å². The summed E-state index contributed by atoms with van der Waals surface area (Å²) < 4.78 is 0. The van der Waals surface area contributed by atoms with Crippen molar-refractivity contribution in [2.75, 3.05) is 13.2 Å². The molecular weight excluding hydrogens is 228 g/mol. The van der Waals surface area contributed by atoms with Crippen LogP contribution in [-0.2, 0) is 4.79 Å². The lowest BCUT2D eigenvalue weighted by atomic mass is 10.2. The van der Waals surface area contributed by atoms with E-state index in [4.69, 9.17) is 10.2 Å². The number of nitrogens with zero attached hydrogens (tertiary/aromatic N) is 1. The van der Waals surface area contributed by atoms with Gasteiger partial charge in [0, 0.05) is 12.6 Å². The predicted octanol–water partition coefficient (Wildman–Crippen LogP) is -1.01. The van der Waals surface area contributed by atoms with Gasteiger partial charge in [0.1, 0.15) is 0 Å². The van der Waals surface area contributed by atoms with Crippen LogP contribution >= 0.6 is 0 Å². The van der Waals surface area contributed by atoms with E-state index in [0.29, 0.717) is 0 Å². The monoisotopic (exact) mass is 246 g/mol. The Balaban J connectivity index is 2.57. The summed E-state index contributed by atoms with van der Waals surface area (Å²) in [7, 11) is 0. The number of aliphatic hydroxyl groups excluding tert-OH is 2. The fourth-order valence-electron chi connectivity index (χ4n) is 1.55. The first-order valence-electron chi connectivity index (χ1n) is 5.56. The third-order valence-electron chi connectivity index (χ3n) is 2.62. The molecule has 98 valence electrons. The van der Waals surface area contributed by atoms with Crippen LogP contribution < -0.4 is 5.32 Å². The van der Waals surface area contributed by atoms with E-state index in [1.165, 1.54) is 11.8 Å². The molecule has 0 aromatic carbocycles. The Morgan fingerprint density at radius 1 is 1.47 bits per heavy atom. The maximum Gasteiger partial charge on any atom is 0.328 e. The van der Waals surface area contributed by atoms with Crippen molar-refractivity contribution in [2.45, 2.75) is 38.0 Å². The van der Waals surface area contributed by atoms with Crippen LogP contribution in [0.5, 0.6) is 0 Å². The van der Waals surface area contributed by atoms with Gasteiger partial charge in [0.15, 0.2) is 6.04 Å². The lowest BCUT2D eigenvalue weighted by Gasteiger charge is -2.25. The average molecular weight is 246 g/mol. The lowest BCUT2D eigenvalue weighted by molar-refractivity contribution is -0.141. The Bertz CT molecular complexity index is 290. The average Bonchev–Trinajstić information content (AvgIpc) is 3.04. The number of aliphatic carboxylic acids is 1. The van der Waals surface area contributed by atoms with E-state index < -0.39 is 24.1 Å². The predicted molar refractivity (Wildman–Crippen MR) is 58.5 cm³/mol. The number of carbonyl (C=O) groups is 2. The van der Waals surface area contributed by atoms with Crippen molar-refractivity contribution in [1.29, 1.82) is 0 Å². The van der Waals surface area contributed by atoms with E-state index in [9.17, 15) is 14.7 Å². The fraction of sp³-hybridized carbons (Fsp3) is 0.800. The normalized spacial score (nSPS) is 18.3. The molecule has 0 spiro atoms. The van der Waals surface area contributed by atoms with E-state index in [2.05, 4.69) is 5.32 Å². The van der Waals surface area contributed by atoms with Gasteiger partial charge in [-0.3, -0.25) is 0 Å². The van der Waals surface area contributed by atoms with Crippen molar-refractivity contribution in [3.05, 3.63) is 0 Å². The zero-order valence-corrected chi connectivity index (χ0v) is 9.67. The number of hydrogen-bond donors (Lipinski definition) is 4. The van der Waals surface area contributed by atoms with E-state index in [1.807, 2.05) is 0 Å². The molecule has 1 aliphatic carbocycles. The first kappa shape index (κ1) is 13.7. The summed E-state index contributed by atoms with van der Waals surface area (Å²) in [6, 6.07) is -1.82. The highest BCUT2D eigenvalue weighted by molar-refractivity contribution is 5.83. The van der Waals surface area contributed by atoms with Crippen LogP contribution in [0, 0.1) is 0 Å². The highest BCUT2D eigenvalue weighted by Crippen LogP contribution is 2.26. The molecule has 7 heteroatoms. The van der Waals surface area contributed by atoms with E-state index >= 15 is 0 Å². The Hall–Kier alpha value is -1.34. The maximum atomic E-state index is 11.8. The number of urea groups is 1. The number of nitrogens with one attached hydrogen (secondary N) is 1. The van der Waals surface area contributed by atoms with Crippen LogP contribution in [0.2, 0.25) is 0 Å². The number of carbonyl (C=O) groups excluding carboxylic acids is 1. The minimum atomic E-state index is -1.33. The van der Waals surface area contributed by atoms with Crippen molar-refractivity contribution in [1.82, 2.24) is 10.2 Å². The van der Waals surface area contributed by atoms with Crippen LogP contribution in [0.25, 0.3) is 0 Å². The molecule has 0 aromatic rings. The second kappa shape index (κ2) is 5.83. The summed E-state index contributed by atoms with van der Waals surface area (Å²) in [5, 5.41) is 29.1. The summed E-state index contributed by atoms with van der Waals surface area (Å²) in [5.41, 5.74) is 0. The molecule has 2 unspecified atom stereocenters. The smallest absolute Gasteiger partial charge is 0.328 e. The van der Waals surface area contributed by atoms with Crippen LogP contribution in [0.15, 0.2) is 0 Å². The summed E-state index contributed by atoms with van der Waals surface area (Å²) >= 11 is 0. The third-order valence-corrected chi connectivity index (χ3v) is 2.62. The Morgan fingerprint density at radius 2 is 2.06 bits per heavy atom. The fourth-order valence-corrected chi connectivity index (χ4v) is 1.55. The first-order chi connectivity index (χ1) is 7.97. The Morgan fingerprint density at radius 3 is 2.41 bits per heavy atom.